The summed E-state index contributed by atoms with van der Waals surface area (Å²) in [5.74, 6) is 0.855. The molecule has 0 aliphatic heterocycles. The quantitative estimate of drug-likeness (QED) is 0.263. The molecule has 0 spiro atoms. The lowest BCUT2D eigenvalue weighted by Gasteiger charge is -2.18. The zero-order valence-electron chi connectivity index (χ0n) is 18.4. The highest BCUT2D eigenvalue weighted by Crippen LogP contribution is 2.15. The minimum absolute atomic E-state index is 0. The van der Waals surface area contributed by atoms with Crippen LogP contribution < -0.4 is 21.1 Å². The number of ether oxygens (including phenoxy) is 1. The molecule has 0 aliphatic carbocycles. The molecule has 1 aromatic carbocycles. The number of hydrogen-bond donors (Lipinski definition) is 3. The van der Waals surface area contributed by atoms with Gasteiger partial charge in [0, 0.05) is 25.3 Å². The maximum Gasteiger partial charge on any atom is 0.255 e. The standard InChI is InChI=1S/C21H32N6O2.HI/c1-6-23-21(25-14(2)10-19-15(3)26-27(5)16(19)4)24-12-17-8-7-9-18(11-17)29-13-20(22)28;/h7-9,11,14H,6,10,12-13H2,1-5H3,(H2,22,28)(H2,23,24,25);1H. The molecular formula is C21H33IN6O2. The molecule has 1 atom stereocenters. The van der Waals surface area contributed by atoms with Crippen LogP contribution in [0.3, 0.4) is 0 Å². The number of carbonyl (C=O) groups excluding carboxylic acids is 1. The third-order valence-corrected chi connectivity index (χ3v) is 4.60. The minimum atomic E-state index is -0.500. The van der Waals surface area contributed by atoms with Crippen molar-refractivity contribution in [2.45, 2.75) is 46.7 Å². The molecule has 8 nitrogen and oxygen atoms in total. The Kier molecular flexibility index (Phi) is 10.6. The summed E-state index contributed by atoms with van der Waals surface area (Å²) >= 11 is 0. The van der Waals surface area contributed by atoms with Crippen LogP contribution in [0.5, 0.6) is 5.75 Å². The number of halogens is 1. The molecule has 2 aromatic rings. The number of carbonyl (C=O) groups is 1. The van der Waals surface area contributed by atoms with Gasteiger partial charge in [0.25, 0.3) is 5.91 Å². The molecule has 1 amide bonds. The average Bonchev–Trinajstić information content (AvgIpc) is 2.91. The van der Waals surface area contributed by atoms with Crippen molar-refractivity contribution in [3.8, 4) is 5.75 Å². The molecule has 4 N–H and O–H groups in total. The largest absolute Gasteiger partial charge is 0.484 e. The number of guanidine groups is 1. The zero-order valence-corrected chi connectivity index (χ0v) is 20.7. The van der Waals surface area contributed by atoms with Gasteiger partial charge in [0.05, 0.1) is 12.2 Å². The van der Waals surface area contributed by atoms with Crippen molar-refractivity contribution in [1.29, 1.82) is 0 Å². The Morgan fingerprint density at radius 3 is 2.70 bits per heavy atom. The lowest BCUT2D eigenvalue weighted by Crippen LogP contribution is -2.43. The summed E-state index contributed by atoms with van der Waals surface area (Å²) in [4.78, 5) is 15.6. The molecule has 0 fully saturated rings. The van der Waals surface area contributed by atoms with Crippen LogP contribution in [0.4, 0.5) is 0 Å². The van der Waals surface area contributed by atoms with Gasteiger partial charge in [-0.25, -0.2) is 4.99 Å². The first kappa shape index (κ1) is 25.7. The maximum absolute atomic E-state index is 10.9. The number of aryl methyl sites for hydroxylation is 2. The first-order chi connectivity index (χ1) is 13.8. The van der Waals surface area contributed by atoms with Crippen molar-refractivity contribution >= 4 is 35.8 Å². The summed E-state index contributed by atoms with van der Waals surface area (Å²) in [6.07, 6.45) is 0.867. The second-order valence-corrected chi connectivity index (χ2v) is 7.12. The summed E-state index contributed by atoms with van der Waals surface area (Å²) in [6.45, 7) is 9.43. The average molecular weight is 528 g/mol. The third kappa shape index (κ3) is 7.85. The highest BCUT2D eigenvalue weighted by atomic mass is 127. The van der Waals surface area contributed by atoms with E-state index >= 15 is 0 Å². The van der Waals surface area contributed by atoms with Crippen LogP contribution in [-0.2, 0) is 24.8 Å². The monoisotopic (exact) mass is 528 g/mol. The molecule has 9 heteroatoms. The van der Waals surface area contributed by atoms with Gasteiger partial charge in [-0.2, -0.15) is 5.10 Å². The van der Waals surface area contributed by atoms with E-state index in [1.165, 1.54) is 11.3 Å². The Balaban J connectivity index is 0.00000450. The fourth-order valence-corrected chi connectivity index (χ4v) is 3.08. The first-order valence-electron chi connectivity index (χ1n) is 9.84. The number of primary amides is 1. The number of benzene rings is 1. The second kappa shape index (κ2) is 12.4. The predicted molar refractivity (Wildman–Crippen MR) is 130 cm³/mol. The molecule has 1 aromatic heterocycles. The number of rotatable bonds is 9. The molecule has 0 saturated carbocycles. The van der Waals surface area contributed by atoms with E-state index in [-0.39, 0.29) is 36.6 Å². The molecule has 166 valence electrons. The van der Waals surface area contributed by atoms with Crippen LogP contribution in [-0.4, -0.2) is 40.8 Å². The Labute approximate surface area is 195 Å². The van der Waals surface area contributed by atoms with Gasteiger partial charge in [0.15, 0.2) is 12.6 Å². The molecule has 0 bridgehead atoms. The van der Waals surface area contributed by atoms with E-state index in [1.54, 1.807) is 6.07 Å². The first-order valence-corrected chi connectivity index (χ1v) is 9.84. The summed E-state index contributed by atoms with van der Waals surface area (Å²) < 4.78 is 7.28. The van der Waals surface area contributed by atoms with Crippen LogP contribution in [0, 0.1) is 13.8 Å². The van der Waals surface area contributed by atoms with Crippen LogP contribution >= 0.6 is 24.0 Å². The highest BCUT2D eigenvalue weighted by Gasteiger charge is 2.14. The van der Waals surface area contributed by atoms with Gasteiger partial charge in [0.1, 0.15) is 5.75 Å². The molecule has 1 heterocycles. The maximum atomic E-state index is 10.9. The summed E-state index contributed by atoms with van der Waals surface area (Å²) in [6, 6.07) is 7.69. The van der Waals surface area contributed by atoms with Crippen LogP contribution in [0.15, 0.2) is 29.3 Å². The Morgan fingerprint density at radius 1 is 1.37 bits per heavy atom. The molecule has 30 heavy (non-hydrogen) atoms. The third-order valence-electron chi connectivity index (χ3n) is 4.60. The Morgan fingerprint density at radius 2 is 2.10 bits per heavy atom. The van der Waals surface area contributed by atoms with Crippen LogP contribution in [0.2, 0.25) is 0 Å². The molecule has 0 aliphatic rings. The van der Waals surface area contributed by atoms with Crippen molar-refractivity contribution in [3.05, 3.63) is 46.8 Å². The van der Waals surface area contributed by atoms with Gasteiger partial charge in [-0.05, 0) is 57.4 Å². The lowest BCUT2D eigenvalue weighted by molar-refractivity contribution is -0.119. The number of aromatic nitrogens is 2. The van der Waals surface area contributed by atoms with E-state index < -0.39 is 5.91 Å². The number of amides is 1. The molecular weight excluding hydrogens is 495 g/mol. The molecule has 0 saturated heterocycles. The highest BCUT2D eigenvalue weighted by molar-refractivity contribution is 14.0. The van der Waals surface area contributed by atoms with E-state index in [4.69, 9.17) is 10.5 Å². The van der Waals surface area contributed by atoms with E-state index in [1.807, 2.05) is 43.8 Å². The number of hydrogen-bond acceptors (Lipinski definition) is 4. The molecule has 2 rings (SSSR count). The van der Waals surface area contributed by atoms with Gasteiger partial charge in [0.2, 0.25) is 0 Å². The fourth-order valence-electron chi connectivity index (χ4n) is 3.08. The molecule has 0 radical (unpaired) electrons. The van der Waals surface area contributed by atoms with Crippen molar-refractivity contribution in [3.63, 3.8) is 0 Å². The fraction of sp³-hybridized carbons (Fsp3) is 0.476. The second-order valence-electron chi connectivity index (χ2n) is 7.12. The van der Waals surface area contributed by atoms with E-state index in [9.17, 15) is 4.79 Å². The van der Waals surface area contributed by atoms with Crippen LogP contribution in [0.1, 0.15) is 36.4 Å². The van der Waals surface area contributed by atoms with Crippen molar-refractivity contribution in [2.24, 2.45) is 17.8 Å². The topological polar surface area (TPSA) is 107 Å². The zero-order chi connectivity index (χ0) is 21.4. The molecule has 1 unspecified atom stereocenters. The van der Waals surface area contributed by atoms with Gasteiger partial charge < -0.3 is 21.1 Å². The minimum Gasteiger partial charge on any atom is -0.484 e. The predicted octanol–water partition coefficient (Wildman–Crippen LogP) is 2.21. The van der Waals surface area contributed by atoms with Gasteiger partial charge in [-0.1, -0.05) is 12.1 Å². The van der Waals surface area contributed by atoms with E-state index in [0.717, 1.165) is 30.2 Å². The van der Waals surface area contributed by atoms with Gasteiger partial charge in [-0.15, -0.1) is 24.0 Å². The number of aliphatic imine (C=N–C) groups is 1. The van der Waals surface area contributed by atoms with E-state index in [2.05, 4.69) is 34.6 Å². The Hall–Kier alpha value is -2.30. The number of nitrogens with zero attached hydrogens (tertiary/aromatic N) is 3. The number of nitrogens with one attached hydrogen (secondary N) is 2. The SMILES string of the molecule is CCNC(=NCc1cccc(OCC(N)=O)c1)NC(C)Cc1c(C)nn(C)c1C.I. The van der Waals surface area contributed by atoms with Crippen molar-refractivity contribution < 1.29 is 9.53 Å². The normalized spacial score (nSPS) is 12.1. The summed E-state index contributed by atoms with van der Waals surface area (Å²) in [5, 5.41) is 11.2. The van der Waals surface area contributed by atoms with Gasteiger partial charge in [-0.3, -0.25) is 9.48 Å². The summed E-state index contributed by atoms with van der Waals surface area (Å²) in [7, 11) is 1.97. The Bertz CT molecular complexity index is 865. The van der Waals surface area contributed by atoms with Gasteiger partial charge >= 0.3 is 0 Å². The van der Waals surface area contributed by atoms with Crippen molar-refractivity contribution in [2.75, 3.05) is 13.2 Å². The van der Waals surface area contributed by atoms with E-state index in [0.29, 0.717) is 12.3 Å². The summed E-state index contributed by atoms with van der Waals surface area (Å²) in [5.41, 5.74) is 9.62. The smallest absolute Gasteiger partial charge is 0.255 e. The van der Waals surface area contributed by atoms with Crippen LogP contribution in [0.25, 0.3) is 0 Å². The van der Waals surface area contributed by atoms with Crippen molar-refractivity contribution in [1.82, 2.24) is 20.4 Å². The number of nitrogens with two attached hydrogens (primary N) is 1. The lowest BCUT2D eigenvalue weighted by atomic mass is 10.1.